The summed E-state index contributed by atoms with van der Waals surface area (Å²) < 4.78 is 0. The fraction of sp³-hybridized carbons (Fsp3) is 0.0833. The Labute approximate surface area is 92.4 Å². The van der Waals surface area contributed by atoms with Crippen molar-refractivity contribution < 1.29 is 0 Å². The number of nitrogens with one attached hydrogen (secondary N) is 1. The van der Waals surface area contributed by atoms with Gasteiger partial charge in [0.2, 0.25) is 0 Å². The highest BCUT2D eigenvalue weighted by molar-refractivity contribution is 5.78. The Hall–Kier alpha value is -2.23. The molecule has 0 spiro atoms. The molecule has 3 rings (SSSR count). The fourth-order valence-electron chi connectivity index (χ4n) is 1.69. The molecule has 0 aromatic carbocycles. The number of hydrogen-bond acceptors (Lipinski definition) is 3. The SMILES string of the molecule is Cc1cc(-c2nc3ccncc3[nH]2)ccn1. The Balaban J connectivity index is 2.19. The summed E-state index contributed by atoms with van der Waals surface area (Å²) in [6, 6.07) is 5.84. The number of fused-ring (bicyclic) bond motifs is 1. The summed E-state index contributed by atoms with van der Waals surface area (Å²) in [7, 11) is 0. The van der Waals surface area contributed by atoms with Crippen molar-refractivity contribution in [3.05, 3.63) is 42.5 Å². The molecule has 1 N–H and O–H groups in total. The van der Waals surface area contributed by atoms with Gasteiger partial charge in [-0.15, -0.1) is 0 Å². The van der Waals surface area contributed by atoms with Crippen LogP contribution >= 0.6 is 0 Å². The average Bonchev–Trinajstić information content (AvgIpc) is 2.72. The van der Waals surface area contributed by atoms with Crippen LogP contribution in [0.4, 0.5) is 0 Å². The summed E-state index contributed by atoms with van der Waals surface area (Å²) in [5.74, 6) is 0.855. The molecular weight excluding hydrogens is 200 g/mol. The standard InChI is InChI=1S/C12H10N4/c1-8-6-9(2-5-14-8)12-15-10-3-4-13-7-11(10)16-12/h2-7H,1H3,(H,15,16). The summed E-state index contributed by atoms with van der Waals surface area (Å²) >= 11 is 0. The van der Waals surface area contributed by atoms with Crippen LogP contribution in [-0.4, -0.2) is 19.9 Å². The van der Waals surface area contributed by atoms with Gasteiger partial charge in [-0.1, -0.05) is 0 Å². The van der Waals surface area contributed by atoms with Crippen LogP contribution in [-0.2, 0) is 0 Å². The molecule has 4 heteroatoms. The zero-order valence-electron chi connectivity index (χ0n) is 8.81. The second kappa shape index (κ2) is 3.41. The molecule has 0 aliphatic carbocycles. The molecule has 16 heavy (non-hydrogen) atoms. The van der Waals surface area contributed by atoms with E-state index < -0.39 is 0 Å². The number of aryl methyl sites for hydroxylation is 1. The van der Waals surface area contributed by atoms with Gasteiger partial charge in [0.05, 0.1) is 17.2 Å². The first kappa shape index (κ1) is 9.03. The molecule has 0 radical (unpaired) electrons. The van der Waals surface area contributed by atoms with Gasteiger partial charge >= 0.3 is 0 Å². The molecule has 0 atom stereocenters. The zero-order valence-corrected chi connectivity index (χ0v) is 8.81. The Morgan fingerprint density at radius 3 is 2.94 bits per heavy atom. The van der Waals surface area contributed by atoms with Crippen molar-refractivity contribution in [2.45, 2.75) is 6.92 Å². The van der Waals surface area contributed by atoms with E-state index in [0.717, 1.165) is 28.1 Å². The third-order valence-electron chi connectivity index (χ3n) is 2.45. The predicted molar refractivity (Wildman–Crippen MR) is 61.9 cm³/mol. The van der Waals surface area contributed by atoms with Crippen LogP contribution in [0, 0.1) is 6.92 Å². The molecule has 0 saturated carbocycles. The van der Waals surface area contributed by atoms with E-state index in [4.69, 9.17) is 0 Å². The van der Waals surface area contributed by atoms with Crippen LogP contribution in [0.15, 0.2) is 36.8 Å². The van der Waals surface area contributed by atoms with E-state index in [-0.39, 0.29) is 0 Å². The molecule has 0 bridgehead atoms. The molecule has 0 fully saturated rings. The van der Waals surface area contributed by atoms with Crippen molar-refractivity contribution >= 4 is 11.0 Å². The second-order valence-electron chi connectivity index (χ2n) is 3.66. The van der Waals surface area contributed by atoms with Crippen LogP contribution in [0.25, 0.3) is 22.4 Å². The van der Waals surface area contributed by atoms with Crippen LogP contribution in [0.1, 0.15) is 5.69 Å². The van der Waals surface area contributed by atoms with E-state index in [9.17, 15) is 0 Å². The average molecular weight is 210 g/mol. The lowest BCUT2D eigenvalue weighted by atomic mass is 10.2. The Morgan fingerprint density at radius 1 is 1.19 bits per heavy atom. The maximum absolute atomic E-state index is 4.50. The number of aromatic nitrogens is 4. The van der Waals surface area contributed by atoms with E-state index in [1.807, 2.05) is 25.1 Å². The third-order valence-corrected chi connectivity index (χ3v) is 2.45. The van der Waals surface area contributed by atoms with Crippen molar-refractivity contribution in [2.24, 2.45) is 0 Å². The van der Waals surface area contributed by atoms with Crippen molar-refractivity contribution in [3.8, 4) is 11.4 Å². The lowest BCUT2D eigenvalue weighted by Crippen LogP contribution is -1.84. The van der Waals surface area contributed by atoms with Gasteiger partial charge in [0.25, 0.3) is 0 Å². The predicted octanol–water partition coefficient (Wildman–Crippen LogP) is 2.33. The topological polar surface area (TPSA) is 54.5 Å². The van der Waals surface area contributed by atoms with E-state index in [1.165, 1.54) is 0 Å². The molecule has 78 valence electrons. The minimum atomic E-state index is 0.855. The van der Waals surface area contributed by atoms with Gasteiger partial charge in [-0.2, -0.15) is 0 Å². The van der Waals surface area contributed by atoms with Gasteiger partial charge in [-0.05, 0) is 25.1 Å². The quantitative estimate of drug-likeness (QED) is 0.670. The van der Waals surface area contributed by atoms with E-state index in [1.54, 1.807) is 18.6 Å². The van der Waals surface area contributed by atoms with Crippen LogP contribution in [0.5, 0.6) is 0 Å². The Bertz CT molecular complexity index is 609. The van der Waals surface area contributed by atoms with Gasteiger partial charge < -0.3 is 4.98 Å². The van der Waals surface area contributed by atoms with Crippen molar-refractivity contribution in [2.75, 3.05) is 0 Å². The van der Waals surface area contributed by atoms with E-state index in [0.29, 0.717) is 0 Å². The first-order valence-electron chi connectivity index (χ1n) is 5.06. The van der Waals surface area contributed by atoms with Gasteiger partial charge in [0.15, 0.2) is 0 Å². The normalized spacial score (nSPS) is 10.8. The largest absolute Gasteiger partial charge is 0.337 e. The highest BCUT2D eigenvalue weighted by Gasteiger charge is 2.04. The number of hydrogen-bond donors (Lipinski definition) is 1. The van der Waals surface area contributed by atoms with E-state index in [2.05, 4.69) is 19.9 Å². The van der Waals surface area contributed by atoms with Gasteiger partial charge in [0, 0.05) is 23.7 Å². The van der Waals surface area contributed by atoms with Crippen LogP contribution in [0.2, 0.25) is 0 Å². The first-order valence-corrected chi connectivity index (χ1v) is 5.06. The Kier molecular flexibility index (Phi) is 1.93. The summed E-state index contributed by atoms with van der Waals surface area (Å²) in [6.07, 6.45) is 5.31. The zero-order chi connectivity index (χ0) is 11.0. The van der Waals surface area contributed by atoms with Crippen molar-refractivity contribution in [1.29, 1.82) is 0 Å². The van der Waals surface area contributed by atoms with Gasteiger partial charge in [-0.3, -0.25) is 9.97 Å². The number of nitrogens with zero attached hydrogens (tertiary/aromatic N) is 3. The lowest BCUT2D eigenvalue weighted by molar-refractivity contribution is 1.19. The van der Waals surface area contributed by atoms with Gasteiger partial charge in [0.1, 0.15) is 5.82 Å². The summed E-state index contributed by atoms with van der Waals surface area (Å²) in [4.78, 5) is 16.0. The van der Waals surface area contributed by atoms with Gasteiger partial charge in [-0.25, -0.2) is 4.98 Å². The molecule has 3 aromatic rings. The van der Waals surface area contributed by atoms with Crippen molar-refractivity contribution in [3.63, 3.8) is 0 Å². The lowest BCUT2D eigenvalue weighted by Gasteiger charge is -1.96. The molecule has 0 unspecified atom stereocenters. The summed E-state index contributed by atoms with van der Waals surface area (Å²) in [5, 5.41) is 0. The van der Waals surface area contributed by atoms with Crippen LogP contribution in [0.3, 0.4) is 0 Å². The van der Waals surface area contributed by atoms with Crippen LogP contribution < -0.4 is 0 Å². The minimum absolute atomic E-state index is 0.855. The highest BCUT2D eigenvalue weighted by Crippen LogP contribution is 2.19. The molecular formula is C12H10N4. The maximum Gasteiger partial charge on any atom is 0.138 e. The third kappa shape index (κ3) is 1.44. The number of pyridine rings is 2. The smallest absolute Gasteiger partial charge is 0.138 e. The molecule has 0 amide bonds. The number of imidazole rings is 1. The molecule has 3 heterocycles. The Morgan fingerprint density at radius 2 is 2.12 bits per heavy atom. The van der Waals surface area contributed by atoms with E-state index >= 15 is 0 Å². The summed E-state index contributed by atoms with van der Waals surface area (Å²) in [5.41, 5.74) is 3.91. The monoisotopic (exact) mass is 210 g/mol. The molecule has 0 aliphatic heterocycles. The number of H-pyrrole nitrogens is 1. The molecule has 3 aromatic heterocycles. The molecule has 0 aliphatic rings. The number of aromatic amines is 1. The summed E-state index contributed by atoms with van der Waals surface area (Å²) in [6.45, 7) is 1.97. The minimum Gasteiger partial charge on any atom is -0.337 e. The molecule has 4 nitrogen and oxygen atoms in total. The maximum atomic E-state index is 4.50. The first-order chi connectivity index (χ1) is 7.83. The fourth-order valence-corrected chi connectivity index (χ4v) is 1.69. The molecule has 0 saturated heterocycles. The number of rotatable bonds is 1. The van der Waals surface area contributed by atoms with Crippen molar-refractivity contribution in [1.82, 2.24) is 19.9 Å². The second-order valence-corrected chi connectivity index (χ2v) is 3.66. The highest BCUT2D eigenvalue weighted by atomic mass is 14.9.